The molecule has 1 fully saturated rings. The van der Waals surface area contributed by atoms with Gasteiger partial charge in [0.1, 0.15) is 6.23 Å². The second-order valence-corrected chi connectivity index (χ2v) is 9.17. The van der Waals surface area contributed by atoms with Gasteiger partial charge in [0.2, 0.25) is 5.91 Å². The molecule has 0 saturated carbocycles. The largest absolute Gasteiger partial charge is 0.379 e. The van der Waals surface area contributed by atoms with E-state index >= 15 is 0 Å². The number of amides is 1. The molecule has 2 atom stereocenters. The number of nitrogens with zero attached hydrogens (tertiary/aromatic N) is 3. The van der Waals surface area contributed by atoms with Gasteiger partial charge in [0.05, 0.1) is 6.10 Å². The summed E-state index contributed by atoms with van der Waals surface area (Å²) in [6.07, 6.45) is 9.18. The zero-order valence-corrected chi connectivity index (χ0v) is 18.4. The maximum Gasteiger partial charge on any atom is 0.227 e. The number of carbonyl (C=O) groups excluding carboxylic acids is 1. The molecule has 1 saturated heterocycles. The van der Waals surface area contributed by atoms with Crippen LogP contribution in [-0.2, 0) is 22.4 Å². The second-order valence-electron chi connectivity index (χ2n) is 9.17. The summed E-state index contributed by atoms with van der Waals surface area (Å²) in [5.74, 6) is 0.508. The molecule has 1 aromatic heterocycles. The van der Waals surface area contributed by atoms with Crippen molar-refractivity contribution in [1.82, 2.24) is 9.88 Å². The molecule has 1 amide bonds. The van der Waals surface area contributed by atoms with E-state index in [-0.39, 0.29) is 12.0 Å². The molecule has 6 nitrogen and oxygen atoms in total. The van der Waals surface area contributed by atoms with Crippen molar-refractivity contribution in [1.29, 1.82) is 0 Å². The summed E-state index contributed by atoms with van der Waals surface area (Å²) in [7, 11) is 3.59. The minimum atomic E-state index is -0.428. The maximum absolute atomic E-state index is 12.0. The fourth-order valence-corrected chi connectivity index (χ4v) is 5.40. The van der Waals surface area contributed by atoms with Gasteiger partial charge in [-0.05, 0) is 72.4 Å². The smallest absolute Gasteiger partial charge is 0.227 e. The number of aromatic nitrogens is 1. The number of carbonyl (C=O) groups is 1. The Kier molecular flexibility index (Phi) is 5.54. The van der Waals surface area contributed by atoms with Crippen LogP contribution in [-0.4, -0.2) is 60.5 Å². The molecular weight excluding hydrogens is 390 g/mol. The molecule has 2 aromatic rings. The number of methoxy groups -OCH3 is 1. The van der Waals surface area contributed by atoms with Crippen molar-refractivity contribution >= 4 is 11.6 Å². The van der Waals surface area contributed by atoms with Gasteiger partial charge in [-0.25, -0.2) is 0 Å². The molecule has 0 radical (unpaired) electrons. The van der Waals surface area contributed by atoms with E-state index in [0.717, 1.165) is 50.9 Å². The molecule has 164 valence electrons. The van der Waals surface area contributed by atoms with Crippen molar-refractivity contribution in [3.63, 3.8) is 0 Å². The lowest BCUT2D eigenvalue weighted by molar-refractivity contribution is -0.118. The van der Waals surface area contributed by atoms with Crippen LogP contribution in [0.15, 0.2) is 30.6 Å². The number of anilines is 1. The topological polar surface area (TPSA) is 65.9 Å². The highest BCUT2D eigenvalue weighted by molar-refractivity contribution is 5.96. The van der Waals surface area contributed by atoms with E-state index < -0.39 is 6.23 Å². The fraction of sp³-hybridized carbons (Fsp3) is 0.520. The van der Waals surface area contributed by atoms with Crippen molar-refractivity contribution < 1.29 is 14.6 Å². The average Bonchev–Trinajstić information content (AvgIpc) is 2.75. The standard InChI is InChI=1S/C25H31N3O3/c1-27-23-8-6-17(10-18(23)7-9-24(27)29)22-13-26-12-21-16(4-3-5-20(21)22)11-25(30)28-14-19(15-28)31-2/h6,8,10,12-13,16,19,25,30H,3-5,7,9,11,14-15H2,1-2H3. The highest BCUT2D eigenvalue weighted by Crippen LogP contribution is 2.40. The number of likely N-dealkylation sites (tertiary alicyclic amines) is 1. The summed E-state index contributed by atoms with van der Waals surface area (Å²) in [5, 5.41) is 10.7. The molecule has 1 aliphatic carbocycles. The van der Waals surface area contributed by atoms with Crippen LogP contribution in [0.5, 0.6) is 0 Å². The van der Waals surface area contributed by atoms with Crippen LogP contribution in [0.4, 0.5) is 5.69 Å². The van der Waals surface area contributed by atoms with Gasteiger partial charge in [-0.3, -0.25) is 14.7 Å². The molecule has 2 unspecified atom stereocenters. The predicted molar refractivity (Wildman–Crippen MR) is 120 cm³/mol. The third kappa shape index (κ3) is 3.77. The molecule has 0 spiro atoms. The third-order valence-corrected chi connectivity index (χ3v) is 7.37. The Labute approximate surface area is 183 Å². The lowest BCUT2D eigenvalue weighted by Gasteiger charge is -2.42. The van der Waals surface area contributed by atoms with E-state index in [2.05, 4.69) is 28.1 Å². The van der Waals surface area contributed by atoms with E-state index in [1.807, 2.05) is 19.4 Å². The molecule has 5 rings (SSSR count). The van der Waals surface area contributed by atoms with E-state index in [4.69, 9.17) is 4.74 Å². The molecule has 1 N–H and O–H groups in total. The molecule has 31 heavy (non-hydrogen) atoms. The average molecular weight is 422 g/mol. The van der Waals surface area contributed by atoms with Gasteiger partial charge in [0.15, 0.2) is 0 Å². The molecule has 6 heteroatoms. The number of aliphatic hydroxyl groups excluding tert-OH is 1. The van der Waals surface area contributed by atoms with Crippen LogP contribution >= 0.6 is 0 Å². The van der Waals surface area contributed by atoms with E-state index in [9.17, 15) is 9.90 Å². The molecule has 2 aliphatic heterocycles. The summed E-state index contributed by atoms with van der Waals surface area (Å²) < 4.78 is 5.35. The number of rotatable bonds is 5. The summed E-state index contributed by atoms with van der Waals surface area (Å²) in [6, 6.07) is 6.43. The number of aryl methyl sites for hydroxylation is 1. The zero-order chi connectivity index (χ0) is 21.5. The van der Waals surface area contributed by atoms with E-state index in [1.54, 1.807) is 12.0 Å². The number of aliphatic hydroxyl groups is 1. The van der Waals surface area contributed by atoms with Crippen LogP contribution in [0.1, 0.15) is 48.3 Å². The number of benzene rings is 1. The first-order valence-corrected chi connectivity index (χ1v) is 11.4. The lowest BCUT2D eigenvalue weighted by atomic mass is 9.78. The molecule has 0 bridgehead atoms. The first kappa shape index (κ1) is 20.6. The minimum absolute atomic E-state index is 0.180. The van der Waals surface area contributed by atoms with E-state index in [0.29, 0.717) is 12.3 Å². The van der Waals surface area contributed by atoms with Crippen LogP contribution in [0, 0.1) is 0 Å². The number of hydrogen-bond acceptors (Lipinski definition) is 5. The number of pyridine rings is 1. The van der Waals surface area contributed by atoms with Gasteiger partial charge < -0.3 is 14.7 Å². The lowest BCUT2D eigenvalue weighted by Crippen LogP contribution is -2.56. The SMILES string of the molecule is COC1CN(C(O)CC2CCCc3c(-c4ccc5c(c4)CCC(=O)N5C)cncc32)C1. The molecule has 3 heterocycles. The van der Waals surface area contributed by atoms with Crippen LogP contribution in [0.2, 0.25) is 0 Å². The molecule has 3 aliphatic rings. The van der Waals surface area contributed by atoms with Crippen LogP contribution in [0.3, 0.4) is 0 Å². The number of fused-ring (bicyclic) bond motifs is 2. The Morgan fingerprint density at radius 2 is 2.06 bits per heavy atom. The van der Waals surface area contributed by atoms with Crippen molar-refractivity contribution in [2.75, 3.05) is 32.1 Å². The molecular formula is C25H31N3O3. The molecule has 1 aromatic carbocycles. The van der Waals surface area contributed by atoms with Crippen LogP contribution in [0.25, 0.3) is 11.1 Å². The maximum atomic E-state index is 12.0. The van der Waals surface area contributed by atoms with Gasteiger partial charge in [0.25, 0.3) is 0 Å². The Hall–Kier alpha value is -2.28. The Morgan fingerprint density at radius 3 is 2.87 bits per heavy atom. The quantitative estimate of drug-likeness (QED) is 0.804. The van der Waals surface area contributed by atoms with Crippen molar-refractivity contribution in [3.8, 4) is 11.1 Å². The van der Waals surface area contributed by atoms with Gasteiger partial charge >= 0.3 is 0 Å². The predicted octanol–water partition coefficient (Wildman–Crippen LogP) is 3.12. The number of hydrogen-bond donors (Lipinski definition) is 1. The van der Waals surface area contributed by atoms with Crippen LogP contribution < -0.4 is 4.90 Å². The highest BCUT2D eigenvalue weighted by atomic mass is 16.5. The van der Waals surface area contributed by atoms with E-state index in [1.165, 1.54) is 27.8 Å². The normalized spacial score (nSPS) is 22.6. The minimum Gasteiger partial charge on any atom is -0.379 e. The first-order chi connectivity index (χ1) is 15.0. The summed E-state index contributed by atoms with van der Waals surface area (Å²) in [4.78, 5) is 20.5. The highest BCUT2D eigenvalue weighted by Gasteiger charge is 2.34. The fourth-order valence-electron chi connectivity index (χ4n) is 5.40. The van der Waals surface area contributed by atoms with Crippen molar-refractivity contribution in [3.05, 3.63) is 47.3 Å². The Bertz CT molecular complexity index is 986. The van der Waals surface area contributed by atoms with Gasteiger partial charge in [-0.1, -0.05) is 6.07 Å². The van der Waals surface area contributed by atoms with Gasteiger partial charge in [-0.15, -0.1) is 0 Å². The summed E-state index contributed by atoms with van der Waals surface area (Å²) in [6.45, 7) is 1.61. The van der Waals surface area contributed by atoms with Gasteiger partial charge in [0, 0.05) is 57.3 Å². The Morgan fingerprint density at radius 1 is 1.23 bits per heavy atom. The van der Waals surface area contributed by atoms with Crippen molar-refractivity contribution in [2.45, 2.75) is 56.8 Å². The zero-order valence-electron chi connectivity index (χ0n) is 18.4. The van der Waals surface area contributed by atoms with Crippen molar-refractivity contribution in [2.24, 2.45) is 0 Å². The second kappa shape index (κ2) is 8.34. The summed E-state index contributed by atoms with van der Waals surface area (Å²) >= 11 is 0. The Balaban J connectivity index is 1.40. The summed E-state index contributed by atoms with van der Waals surface area (Å²) in [5.41, 5.74) is 7.28. The number of ether oxygens (including phenoxy) is 1. The monoisotopic (exact) mass is 421 g/mol. The third-order valence-electron chi connectivity index (χ3n) is 7.37. The first-order valence-electron chi connectivity index (χ1n) is 11.4. The van der Waals surface area contributed by atoms with Gasteiger partial charge in [-0.2, -0.15) is 0 Å².